The minimum absolute atomic E-state index is 0.0139. The summed E-state index contributed by atoms with van der Waals surface area (Å²) in [6, 6.07) is 8.75. The molecule has 136 valence electrons. The zero-order valence-electron chi connectivity index (χ0n) is 13.6. The molecule has 0 saturated heterocycles. The predicted octanol–water partition coefficient (Wildman–Crippen LogP) is 2.78. The average molecular weight is 424 g/mol. The molecular weight excluding hydrogens is 409 g/mol. The zero-order valence-corrected chi connectivity index (χ0v) is 15.2. The molecular formula is C17H15BrFN3O4. The van der Waals surface area contributed by atoms with Crippen LogP contribution >= 0.6 is 15.9 Å². The molecule has 0 aliphatic rings. The Kier molecular flexibility index (Phi) is 6.67. The molecule has 2 aromatic rings. The van der Waals surface area contributed by atoms with Crippen LogP contribution in [0.15, 0.2) is 46.0 Å². The molecule has 0 fully saturated rings. The van der Waals surface area contributed by atoms with E-state index in [4.69, 9.17) is 4.74 Å². The highest BCUT2D eigenvalue weighted by molar-refractivity contribution is 9.10. The van der Waals surface area contributed by atoms with Gasteiger partial charge in [0.1, 0.15) is 12.2 Å². The number of hydrogen-bond donors (Lipinski definition) is 3. The molecule has 26 heavy (non-hydrogen) atoms. The van der Waals surface area contributed by atoms with E-state index in [-0.39, 0.29) is 17.2 Å². The molecule has 0 heterocycles. The molecule has 0 bridgehead atoms. The lowest BCUT2D eigenvalue weighted by molar-refractivity contribution is -0.126. The molecule has 0 aromatic heterocycles. The first-order valence-electron chi connectivity index (χ1n) is 7.33. The monoisotopic (exact) mass is 423 g/mol. The molecule has 2 amide bonds. The second-order valence-corrected chi connectivity index (χ2v) is 5.96. The Morgan fingerprint density at radius 2 is 2.04 bits per heavy atom. The van der Waals surface area contributed by atoms with Crippen molar-refractivity contribution in [2.45, 2.75) is 6.42 Å². The summed E-state index contributed by atoms with van der Waals surface area (Å²) in [6.07, 6.45) is 0.661. The van der Waals surface area contributed by atoms with Crippen LogP contribution in [0.3, 0.4) is 0 Å². The number of amides is 2. The van der Waals surface area contributed by atoms with Crippen molar-refractivity contribution >= 4 is 39.6 Å². The second kappa shape index (κ2) is 8.95. The third-order valence-corrected chi connectivity index (χ3v) is 3.61. The van der Waals surface area contributed by atoms with Gasteiger partial charge in [-0.3, -0.25) is 9.59 Å². The van der Waals surface area contributed by atoms with Gasteiger partial charge in [0.2, 0.25) is 11.8 Å². The van der Waals surface area contributed by atoms with E-state index in [0.29, 0.717) is 10.0 Å². The fraction of sp³-hybridized carbons (Fsp3) is 0.118. The molecule has 0 saturated carbocycles. The molecule has 9 heteroatoms. The number of nitrogens with one attached hydrogen (secondary N) is 2. The van der Waals surface area contributed by atoms with Crippen LogP contribution < -0.4 is 15.5 Å². The smallest absolute Gasteiger partial charge is 0.249 e. The van der Waals surface area contributed by atoms with E-state index < -0.39 is 24.1 Å². The van der Waals surface area contributed by atoms with Gasteiger partial charge in [-0.2, -0.15) is 5.10 Å². The number of carbonyl (C=O) groups is 2. The number of anilines is 1. The summed E-state index contributed by atoms with van der Waals surface area (Å²) >= 11 is 3.26. The Morgan fingerprint density at radius 3 is 2.73 bits per heavy atom. The summed E-state index contributed by atoms with van der Waals surface area (Å²) in [7, 11) is 1.40. The van der Waals surface area contributed by atoms with E-state index in [9.17, 15) is 19.1 Å². The van der Waals surface area contributed by atoms with E-state index in [1.165, 1.54) is 31.5 Å². The molecule has 2 rings (SSSR count). The van der Waals surface area contributed by atoms with Crippen molar-refractivity contribution in [3.63, 3.8) is 0 Å². The van der Waals surface area contributed by atoms with Gasteiger partial charge in [0.25, 0.3) is 0 Å². The van der Waals surface area contributed by atoms with Crippen LogP contribution in [0.5, 0.6) is 11.5 Å². The lowest BCUT2D eigenvalue weighted by Gasteiger charge is -2.07. The number of methoxy groups -OCH3 is 1. The molecule has 0 spiro atoms. The summed E-state index contributed by atoms with van der Waals surface area (Å²) in [5.41, 5.74) is 2.44. The van der Waals surface area contributed by atoms with Crippen molar-refractivity contribution < 1.29 is 23.8 Å². The van der Waals surface area contributed by atoms with Crippen LogP contribution in [-0.2, 0) is 9.59 Å². The fourth-order valence-corrected chi connectivity index (χ4v) is 2.42. The first kappa shape index (κ1) is 19.4. The van der Waals surface area contributed by atoms with Crippen LogP contribution in [0.2, 0.25) is 0 Å². The van der Waals surface area contributed by atoms with Crippen molar-refractivity contribution in [2.24, 2.45) is 5.10 Å². The van der Waals surface area contributed by atoms with Crippen LogP contribution in [0, 0.1) is 5.82 Å². The van der Waals surface area contributed by atoms with Crippen LogP contribution in [0.25, 0.3) is 0 Å². The van der Waals surface area contributed by atoms with Gasteiger partial charge in [-0.1, -0.05) is 28.1 Å². The van der Waals surface area contributed by atoms with Crippen molar-refractivity contribution in [1.29, 1.82) is 0 Å². The number of hydrazone groups is 1. The topological polar surface area (TPSA) is 100 Å². The largest absolute Gasteiger partial charge is 0.504 e. The quantitative estimate of drug-likeness (QED) is 0.377. The van der Waals surface area contributed by atoms with E-state index in [1.54, 1.807) is 18.2 Å². The minimum atomic E-state index is -0.698. The normalized spacial score (nSPS) is 10.6. The number of ether oxygens (including phenoxy) is 1. The van der Waals surface area contributed by atoms with Gasteiger partial charge in [0, 0.05) is 10.0 Å². The molecule has 2 aromatic carbocycles. The minimum Gasteiger partial charge on any atom is -0.504 e. The summed E-state index contributed by atoms with van der Waals surface area (Å²) in [4.78, 5) is 23.5. The van der Waals surface area contributed by atoms with Crippen molar-refractivity contribution in [1.82, 2.24) is 5.43 Å². The molecule has 0 radical (unpaired) electrons. The van der Waals surface area contributed by atoms with Gasteiger partial charge < -0.3 is 15.2 Å². The van der Waals surface area contributed by atoms with Gasteiger partial charge >= 0.3 is 0 Å². The van der Waals surface area contributed by atoms with Gasteiger partial charge in [-0.25, -0.2) is 9.82 Å². The maximum atomic E-state index is 13.4. The Hall–Kier alpha value is -2.94. The number of phenols is 1. The summed E-state index contributed by atoms with van der Waals surface area (Å²) < 4.78 is 19.1. The van der Waals surface area contributed by atoms with E-state index >= 15 is 0 Å². The number of aromatic hydroxyl groups is 1. The number of rotatable bonds is 6. The maximum Gasteiger partial charge on any atom is 0.249 e. The molecule has 0 unspecified atom stereocenters. The Morgan fingerprint density at radius 1 is 1.31 bits per heavy atom. The van der Waals surface area contributed by atoms with Crippen LogP contribution in [0.1, 0.15) is 12.0 Å². The first-order valence-corrected chi connectivity index (χ1v) is 8.12. The lowest BCUT2D eigenvalue weighted by atomic mass is 10.2. The van der Waals surface area contributed by atoms with E-state index in [0.717, 1.165) is 0 Å². The van der Waals surface area contributed by atoms with E-state index in [1.807, 2.05) is 0 Å². The second-order valence-electron chi connectivity index (χ2n) is 5.04. The molecule has 0 aliphatic carbocycles. The number of nitrogens with zero attached hydrogens (tertiary/aromatic N) is 1. The molecule has 0 atom stereocenters. The Balaban J connectivity index is 1.92. The fourth-order valence-electron chi connectivity index (χ4n) is 1.96. The molecule has 0 aliphatic heterocycles. The van der Waals surface area contributed by atoms with Gasteiger partial charge in [-0.05, 0) is 24.3 Å². The average Bonchev–Trinajstić information content (AvgIpc) is 2.59. The number of para-hydroxylation sites is 1. The van der Waals surface area contributed by atoms with Crippen molar-refractivity contribution in [3.05, 3.63) is 52.3 Å². The number of carbonyl (C=O) groups excluding carboxylic acids is 2. The highest BCUT2D eigenvalue weighted by Crippen LogP contribution is 2.32. The predicted molar refractivity (Wildman–Crippen MR) is 97.7 cm³/mol. The SMILES string of the molecule is COc1cc(Br)cc(C=NNC(=O)CC(=O)Nc2ccccc2F)c1O. The maximum absolute atomic E-state index is 13.4. The summed E-state index contributed by atoms with van der Waals surface area (Å²) in [5, 5.41) is 15.9. The van der Waals surface area contributed by atoms with Crippen LogP contribution in [0.4, 0.5) is 10.1 Å². The lowest BCUT2D eigenvalue weighted by Crippen LogP contribution is -2.24. The number of phenolic OH excluding ortho intramolecular Hbond substituents is 1. The standard InChI is InChI=1S/C17H15BrFN3O4/c1-26-14-7-11(18)6-10(17(14)25)9-20-22-16(24)8-15(23)21-13-5-3-2-4-12(13)19/h2-7,9,25H,8H2,1H3,(H,21,23)(H,22,24). The summed E-state index contributed by atoms with van der Waals surface area (Å²) in [5.74, 6) is -1.90. The highest BCUT2D eigenvalue weighted by atomic mass is 79.9. The zero-order chi connectivity index (χ0) is 19.1. The molecule has 3 N–H and O–H groups in total. The van der Waals surface area contributed by atoms with E-state index in [2.05, 4.69) is 31.8 Å². The van der Waals surface area contributed by atoms with Crippen molar-refractivity contribution in [3.8, 4) is 11.5 Å². The Bertz CT molecular complexity index is 858. The van der Waals surface area contributed by atoms with Gasteiger partial charge in [0.05, 0.1) is 19.0 Å². The highest BCUT2D eigenvalue weighted by Gasteiger charge is 2.12. The number of halogens is 2. The number of benzene rings is 2. The first-order chi connectivity index (χ1) is 12.4. The van der Waals surface area contributed by atoms with Gasteiger partial charge in [-0.15, -0.1) is 0 Å². The van der Waals surface area contributed by atoms with Crippen molar-refractivity contribution in [2.75, 3.05) is 12.4 Å². The van der Waals surface area contributed by atoms with Crippen LogP contribution in [-0.4, -0.2) is 30.2 Å². The third kappa shape index (κ3) is 5.28. The molecule has 7 nitrogen and oxygen atoms in total. The third-order valence-electron chi connectivity index (χ3n) is 3.15. The Labute approximate surface area is 157 Å². The number of hydrogen-bond acceptors (Lipinski definition) is 5. The summed E-state index contributed by atoms with van der Waals surface area (Å²) in [6.45, 7) is 0. The van der Waals surface area contributed by atoms with Gasteiger partial charge in [0.15, 0.2) is 11.5 Å².